The van der Waals surface area contributed by atoms with Gasteiger partial charge in [-0.1, -0.05) is 29.8 Å². The Kier molecular flexibility index (Phi) is 5.20. The summed E-state index contributed by atoms with van der Waals surface area (Å²) in [5, 5.41) is 3.49. The van der Waals surface area contributed by atoms with Gasteiger partial charge >= 0.3 is 0 Å². The van der Waals surface area contributed by atoms with Gasteiger partial charge in [0.25, 0.3) is 5.91 Å². The van der Waals surface area contributed by atoms with Crippen molar-refractivity contribution in [1.82, 2.24) is 15.3 Å². The van der Waals surface area contributed by atoms with Crippen LogP contribution in [0.25, 0.3) is 0 Å². The number of rotatable bonds is 4. The maximum atomic E-state index is 12.3. The SMILES string of the molecule is O=C(NCc1ccccc1Cl)c1cc(C2CCOCC2)ncn1. The van der Waals surface area contributed by atoms with Crippen LogP contribution in [-0.4, -0.2) is 29.1 Å². The Morgan fingerprint density at radius 1 is 1.26 bits per heavy atom. The summed E-state index contributed by atoms with van der Waals surface area (Å²) in [6.45, 7) is 1.85. The Morgan fingerprint density at radius 2 is 2.04 bits per heavy atom. The molecule has 0 spiro atoms. The molecule has 0 atom stereocenters. The van der Waals surface area contributed by atoms with Crippen molar-refractivity contribution in [2.45, 2.75) is 25.3 Å². The zero-order valence-electron chi connectivity index (χ0n) is 12.7. The summed E-state index contributed by atoms with van der Waals surface area (Å²) in [5.74, 6) is 0.113. The molecule has 2 heterocycles. The number of carbonyl (C=O) groups is 1. The Hall–Kier alpha value is -1.98. The Bertz CT molecular complexity index is 687. The van der Waals surface area contributed by atoms with Gasteiger partial charge in [0.05, 0.1) is 0 Å². The molecule has 1 saturated heterocycles. The van der Waals surface area contributed by atoms with Gasteiger partial charge in [0, 0.05) is 36.4 Å². The van der Waals surface area contributed by atoms with Crippen molar-refractivity contribution in [3.8, 4) is 0 Å². The van der Waals surface area contributed by atoms with E-state index in [1.54, 1.807) is 12.1 Å². The summed E-state index contributed by atoms with van der Waals surface area (Å²) in [7, 11) is 0. The van der Waals surface area contributed by atoms with Crippen LogP contribution in [0.5, 0.6) is 0 Å². The molecule has 23 heavy (non-hydrogen) atoms. The second-order valence-corrected chi connectivity index (χ2v) is 5.90. The molecular weight excluding hydrogens is 314 g/mol. The molecule has 2 aromatic rings. The average Bonchev–Trinajstić information content (AvgIpc) is 2.62. The lowest BCUT2D eigenvalue weighted by Crippen LogP contribution is -2.24. The molecule has 1 N–H and O–H groups in total. The summed E-state index contributed by atoms with van der Waals surface area (Å²) in [6, 6.07) is 9.21. The fourth-order valence-electron chi connectivity index (χ4n) is 2.62. The van der Waals surface area contributed by atoms with Crippen LogP contribution in [0, 0.1) is 0 Å². The van der Waals surface area contributed by atoms with E-state index >= 15 is 0 Å². The normalized spacial score (nSPS) is 15.3. The van der Waals surface area contributed by atoms with E-state index in [9.17, 15) is 4.79 Å². The van der Waals surface area contributed by atoms with Crippen LogP contribution in [0.15, 0.2) is 36.7 Å². The molecule has 0 unspecified atom stereocenters. The lowest BCUT2D eigenvalue weighted by atomic mass is 9.96. The van der Waals surface area contributed by atoms with Gasteiger partial charge in [-0.15, -0.1) is 0 Å². The van der Waals surface area contributed by atoms with E-state index in [-0.39, 0.29) is 5.91 Å². The molecule has 0 saturated carbocycles. The van der Waals surface area contributed by atoms with Crippen molar-refractivity contribution in [3.63, 3.8) is 0 Å². The van der Waals surface area contributed by atoms with Gasteiger partial charge in [0.1, 0.15) is 12.0 Å². The van der Waals surface area contributed by atoms with Crippen molar-refractivity contribution in [2.75, 3.05) is 13.2 Å². The summed E-state index contributed by atoms with van der Waals surface area (Å²) in [6.07, 6.45) is 3.31. The van der Waals surface area contributed by atoms with E-state index in [1.165, 1.54) is 6.33 Å². The van der Waals surface area contributed by atoms with Crippen LogP contribution in [0.3, 0.4) is 0 Å². The summed E-state index contributed by atoms with van der Waals surface area (Å²) >= 11 is 6.09. The van der Waals surface area contributed by atoms with Crippen molar-refractivity contribution >= 4 is 17.5 Å². The maximum absolute atomic E-state index is 12.3. The van der Waals surface area contributed by atoms with Crippen LogP contribution >= 0.6 is 11.6 Å². The number of amides is 1. The molecule has 1 fully saturated rings. The minimum atomic E-state index is -0.222. The molecule has 0 bridgehead atoms. The fourth-order valence-corrected chi connectivity index (χ4v) is 2.82. The second-order valence-electron chi connectivity index (χ2n) is 5.49. The first kappa shape index (κ1) is 15.9. The molecule has 1 amide bonds. The summed E-state index contributed by atoms with van der Waals surface area (Å²) in [4.78, 5) is 20.7. The van der Waals surface area contributed by atoms with Gasteiger partial charge in [0.2, 0.25) is 0 Å². The van der Waals surface area contributed by atoms with Gasteiger partial charge < -0.3 is 10.1 Å². The minimum absolute atomic E-state index is 0.222. The molecule has 1 aromatic heterocycles. The Labute approximate surface area is 140 Å². The van der Waals surface area contributed by atoms with Crippen molar-refractivity contribution in [3.05, 3.63) is 58.6 Å². The number of aromatic nitrogens is 2. The van der Waals surface area contributed by atoms with Gasteiger partial charge in [-0.2, -0.15) is 0 Å². The van der Waals surface area contributed by atoms with E-state index < -0.39 is 0 Å². The third kappa shape index (κ3) is 4.06. The van der Waals surface area contributed by atoms with E-state index in [0.29, 0.717) is 23.2 Å². The van der Waals surface area contributed by atoms with E-state index in [0.717, 1.165) is 37.3 Å². The standard InChI is InChI=1S/C17H18ClN3O2/c18-14-4-2-1-3-13(14)10-19-17(22)16-9-15(20-11-21-16)12-5-7-23-8-6-12/h1-4,9,11-12H,5-8,10H2,(H,19,22). The zero-order valence-corrected chi connectivity index (χ0v) is 13.4. The predicted octanol–water partition coefficient (Wildman–Crippen LogP) is 2.95. The summed E-state index contributed by atoms with van der Waals surface area (Å²) in [5.41, 5.74) is 2.17. The Morgan fingerprint density at radius 3 is 2.83 bits per heavy atom. The lowest BCUT2D eigenvalue weighted by molar-refractivity contribution is 0.0844. The smallest absolute Gasteiger partial charge is 0.270 e. The predicted molar refractivity (Wildman–Crippen MR) is 87.4 cm³/mol. The number of hydrogen-bond donors (Lipinski definition) is 1. The lowest BCUT2D eigenvalue weighted by Gasteiger charge is -2.21. The van der Waals surface area contributed by atoms with Crippen LogP contribution in [-0.2, 0) is 11.3 Å². The van der Waals surface area contributed by atoms with Gasteiger partial charge in [-0.25, -0.2) is 9.97 Å². The van der Waals surface area contributed by atoms with Gasteiger partial charge in [0.15, 0.2) is 0 Å². The molecule has 5 nitrogen and oxygen atoms in total. The minimum Gasteiger partial charge on any atom is -0.381 e. The molecule has 1 aliphatic heterocycles. The molecular formula is C17H18ClN3O2. The van der Waals surface area contributed by atoms with Crippen molar-refractivity contribution in [1.29, 1.82) is 0 Å². The van der Waals surface area contributed by atoms with Crippen molar-refractivity contribution in [2.24, 2.45) is 0 Å². The quantitative estimate of drug-likeness (QED) is 0.935. The highest BCUT2D eigenvalue weighted by Crippen LogP contribution is 2.25. The number of benzene rings is 1. The topological polar surface area (TPSA) is 64.1 Å². The number of nitrogens with one attached hydrogen (secondary N) is 1. The van der Waals surface area contributed by atoms with Crippen molar-refractivity contribution < 1.29 is 9.53 Å². The fraction of sp³-hybridized carbons (Fsp3) is 0.353. The number of nitrogens with zero attached hydrogens (tertiary/aromatic N) is 2. The largest absolute Gasteiger partial charge is 0.381 e. The average molecular weight is 332 g/mol. The first-order chi connectivity index (χ1) is 11.2. The molecule has 1 aromatic carbocycles. The van der Waals surface area contributed by atoms with Gasteiger partial charge in [-0.05, 0) is 30.5 Å². The number of hydrogen-bond acceptors (Lipinski definition) is 4. The highest BCUT2D eigenvalue weighted by Gasteiger charge is 2.19. The number of carbonyl (C=O) groups excluding carboxylic acids is 1. The molecule has 3 rings (SSSR count). The first-order valence-electron chi connectivity index (χ1n) is 7.65. The second kappa shape index (κ2) is 7.53. The monoisotopic (exact) mass is 331 g/mol. The first-order valence-corrected chi connectivity index (χ1v) is 8.03. The highest BCUT2D eigenvalue weighted by atomic mass is 35.5. The highest BCUT2D eigenvalue weighted by molar-refractivity contribution is 6.31. The molecule has 6 heteroatoms. The van der Waals surface area contributed by atoms with Crippen LogP contribution in [0.4, 0.5) is 0 Å². The Balaban J connectivity index is 1.66. The van der Waals surface area contributed by atoms with Crippen LogP contribution in [0.2, 0.25) is 5.02 Å². The number of halogens is 1. The van der Waals surface area contributed by atoms with E-state index in [2.05, 4.69) is 15.3 Å². The molecule has 1 aliphatic rings. The van der Waals surface area contributed by atoms with E-state index in [4.69, 9.17) is 16.3 Å². The third-order valence-electron chi connectivity index (χ3n) is 3.96. The third-order valence-corrected chi connectivity index (χ3v) is 4.33. The maximum Gasteiger partial charge on any atom is 0.270 e. The van der Waals surface area contributed by atoms with Gasteiger partial charge in [-0.3, -0.25) is 4.79 Å². The van der Waals surface area contributed by atoms with Crippen LogP contribution in [0.1, 0.15) is 40.5 Å². The molecule has 0 radical (unpaired) electrons. The summed E-state index contributed by atoms with van der Waals surface area (Å²) < 4.78 is 5.36. The zero-order chi connectivity index (χ0) is 16.1. The van der Waals surface area contributed by atoms with Crippen LogP contribution < -0.4 is 5.32 Å². The molecule has 0 aliphatic carbocycles. The molecule has 120 valence electrons. The number of ether oxygens (including phenoxy) is 1. The van der Waals surface area contributed by atoms with E-state index in [1.807, 2.05) is 18.2 Å².